The van der Waals surface area contributed by atoms with Crippen LogP contribution in [0.2, 0.25) is 0 Å². The fraction of sp³-hybridized carbons (Fsp3) is 0. The number of H-pyrrole nitrogens is 1. The summed E-state index contributed by atoms with van der Waals surface area (Å²) >= 11 is 3.27. The van der Waals surface area contributed by atoms with Gasteiger partial charge in [0.15, 0.2) is 0 Å². The minimum absolute atomic E-state index is 0.198. The fourth-order valence-corrected chi connectivity index (χ4v) is 2.50. The van der Waals surface area contributed by atoms with Gasteiger partial charge in [0.05, 0.1) is 11.4 Å². The summed E-state index contributed by atoms with van der Waals surface area (Å²) in [7, 11) is 0. The number of hydrogen-bond acceptors (Lipinski definition) is 2. The summed E-state index contributed by atoms with van der Waals surface area (Å²) in [5.41, 5.74) is 8.45. The summed E-state index contributed by atoms with van der Waals surface area (Å²) in [5.74, 6) is 0. The monoisotopic (exact) mass is 303 g/mol. The van der Waals surface area contributed by atoms with E-state index in [9.17, 15) is 4.79 Å². The zero-order valence-corrected chi connectivity index (χ0v) is 10.9. The van der Waals surface area contributed by atoms with Crippen molar-refractivity contribution >= 4 is 27.3 Å². The number of nitrogens with one attached hydrogen (secondary N) is 1. The predicted octanol–water partition coefficient (Wildman–Crippen LogP) is 2.64. The second kappa shape index (κ2) is 4.03. The van der Waals surface area contributed by atoms with Crippen LogP contribution in [0.1, 0.15) is 0 Å². The summed E-state index contributed by atoms with van der Waals surface area (Å²) in [5, 5.41) is 0. The van der Waals surface area contributed by atoms with E-state index < -0.39 is 0 Å². The number of nitrogens with zero attached hydrogens (tertiary/aromatic N) is 1. The molecule has 0 amide bonds. The lowest BCUT2D eigenvalue weighted by atomic mass is 10.2. The number of benzene rings is 1. The first-order valence-corrected chi connectivity index (χ1v) is 6.21. The number of rotatable bonds is 1. The van der Waals surface area contributed by atoms with Gasteiger partial charge in [-0.25, -0.2) is 0 Å². The molecule has 0 saturated carbocycles. The Bertz CT molecular complexity index is 774. The number of aromatic nitrogens is 2. The fourth-order valence-electron chi connectivity index (χ4n) is 1.96. The molecule has 0 fully saturated rings. The Hall–Kier alpha value is -2.01. The summed E-state index contributed by atoms with van der Waals surface area (Å²) in [4.78, 5) is 14.8. The first-order valence-electron chi connectivity index (χ1n) is 5.41. The number of nitrogens with two attached hydrogens (primary N) is 1. The van der Waals surface area contributed by atoms with Gasteiger partial charge in [-0.3, -0.25) is 9.20 Å². The zero-order valence-electron chi connectivity index (χ0n) is 9.35. The third-order valence-corrected chi connectivity index (χ3v) is 3.59. The van der Waals surface area contributed by atoms with E-state index in [1.54, 1.807) is 6.20 Å². The molecule has 3 N–H and O–H groups in total. The lowest BCUT2D eigenvalue weighted by molar-refractivity contribution is 1.17. The van der Waals surface area contributed by atoms with Gasteiger partial charge >= 0.3 is 0 Å². The van der Waals surface area contributed by atoms with E-state index in [0.717, 1.165) is 11.3 Å². The van der Waals surface area contributed by atoms with Crippen molar-refractivity contribution < 1.29 is 0 Å². The molecular weight excluding hydrogens is 294 g/mol. The van der Waals surface area contributed by atoms with E-state index in [-0.39, 0.29) is 11.1 Å². The number of nitrogen functional groups attached to an aromatic ring is 1. The SMILES string of the molecule is Nc1cn2c(-c3ccccc3)c[nH]c2c(Br)c1=O. The third-order valence-electron chi connectivity index (χ3n) is 2.85. The molecule has 0 unspecified atom stereocenters. The molecule has 2 aromatic heterocycles. The molecule has 2 heterocycles. The van der Waals surface area contributed by atoms with Gasteiger partial charge < -0.3 is 10.7 Å². The second-order valence-electron chi connectivity index (χ2n) is 3.99. The van der Waals surface area contributed by atoms with Crippen LogP contribution in [0.5, 0.6) is 0 Å². The van der Waals surface area contributed by atoms with E-state index in [0.29, 0.717) is 10.1 Å². The first kappa shape index (κ1) is 11.1. The Morgan fingerprint density at radius 3 is 2.67 bits per heavy atom. The summed E-state index contributed by atoms with van der Waals surface area (Å²) in [6.45, 7) is 0. The Morgan fingerprint density at radius 2 is 1.94 bits per heavy atom. The molecule has 90 valence electrons. The van der Waals surface area contributed by atoms with Gasteiger partial charge in [-0.05, 0) is 15.9 Å². The van der Waals surface area contributed by atoms with Crippen LogP contribution in [0.3, 0.4) is 0 Å². The maximum Gasteiger partial charge on any atom is 0.220 e. The van der Waals surface area contributed by atoms with Crippen LogP contribution < -0.4 is 11.2 Å². The van der Waals surface area contributed by atoms with Crippen molar-refractivity contribution in [1.29, 1.82) is 0 Å². The maximum absolute atomic E-state index is 11.7. The number of fused-ring (bicyclic) bond motifs is 1. The van der Waals surface area contributed by atoms with Crippen molar-refractivity contribution in [3.63, 3.8) is 0 Å². The molecule has 3 aromatic rings. The summed E-state index contributed by atoms with van der Waals surface area (Å²) in [6, 6.07) is 9.91. The van der Waals surface area contributed by atoms with Crippen molar-refractivity contribution in [2.24, 2.45) is 0 Å². The van der Waals surface area contributed by atoms with E-state index in [4.69, 9.17) is 5.73 Å². The number of halogens is 1. The largest absolute Gasteiger partial charge is 0.394 e. The lowest BCUT2D eigenvalue weighted by Gasteiger charge is -2.04. The van der Waals surface area contributed by atoms with Crippen molar-refractivity contribution in [3.05, 3.63) is 57.4 Å². The highest BCUT2D eigenvalue weighted by Crippen LogP contribution is 2.23. The second-order valence-corrected chi connectivity index (χ2v) is 4.78. The zero-order chi connectivity index (χ0) is 12.7. The van der Waals surface area contributed by atoms with E-state index in [1.807, 2.05) is 40.9 Å². The number of aromatic amines is 1. The standard InChI is InChI=1S/C13H10BrN3O/c14-11-12(18)9(15)7-17-10(6-16-13(11)17)8-4-2-1-3-5-8/h1-7,16H,15H2. The molecule has 0 bridgehead atoms. The van der Waals surface area contributed by atoms with Crippen molar-refractivity contribution in [2.75, 3.05) is 5.73 Å². The van der Waals surface area contributed by atoms with Crippen molar-refractivity contribution in [2.45, 2.75) is 0 Å². The van der Waals surface area contributed by atoms with E-state index in [2.05, 4.69) is 20.9 Å². The molecule has 0 aliphatic carbocycles. The molecule has 1 aromatic carbocycles. The van der Waals surface area contributed by atoms with Crippen LogP contribution in [0.15, 0.2) is 52.0 Å². The molecule has 0 aliphatic heterocycles. The maximum atomic E-state index is 11.7. The van der Waals surface area contributed by atoms with Gasteiger partial charge in [0.25, 0.3) is 0 Å². The topological polar surface area (TPSA) is 63.3 Å². The highest BCUT2D eigenvalue weighted by Gasteiger charge is 2.11. The van der Waals surface area contributed by atoms with E-state index >= 15 is 0 Å². The highest BCUT2D eigenvalue weighted by atomic mass is 79.9. The normalized spacial score (nSPS) is 10.9. The summed E-state index contributed by atoms with van der Waals surface area (Å²) in [6.07, 6.45) is 3.50. The average molecular weight is 304 g/mol. The molecule has 0 aliphatic rings. The minimum atomic E-state index is -0.198. The summed E-state index contributed by atoms with van der Waals surface area (Å²) < 4.78 is 2.32. The molecular formula is C13H10BrN3O. The van der Waals surface area contributed by atoms with Gasteiger partial charge in [-0.1, -0.05) is 30.3 Å². The Labute approximate surface area is 111 Å². The molecule has 0 spiro atoms. The predicted molar refractivity (Wildman–Crippen MR) is 75.6 cm³/mol. The van der Waals surface area contributed by atoms with Crippen LogP contribution in [-0.4, -0.2) is 9.38 Å². The van der Waals surface area contributed by atoms with Gasteiger partial charge in [0.1, 0.15) is 10.1 Å². The van der Waals surface area contributed by atoms with Crippen LogP contribution in [0.4, 0.5) is 5.69 Å². The molecule has 0 atom stereocenters. The van der Waals surface area contributed by atoms with Crippen LogP contribution >= 0.6 is 15.9 Å². The van der Waals surface area contributed by atoms with E-state index in [1.165, 1.54) is 0 Å². The average Bonchev–Trinajstić information content (AvgIpc) is 2.81. The molecule has 0 radical (unpaired) electrons. The van der Waals surface area contributed by atoms with Crippen molar-refractivity contribution in [1.82, 2.24) is 9.38 Å². The highest BCUT2D eigenvalue weighted by molar-refractivity contribution is 9.10. The molecule has 5 heteroatoms. The molecule has 0 saturated heterocycles. The van der Waals surface area contributed by atoms with Gasteiger partial charge in [0, 0.05) is 18.0 Å². The van der Waals surface area contributed by atoms with Crippen LogP contribution in [0.25, 0.3) is 16.9 Å². The first-order chi connectivity index (χ1) is 8.68. The Balaban J connectivity index is 2.37. The number of pyridine rings is 1. The molecule has 18 heavy (non-hydrogen) atoms. The smallest absolute Gasteiger partial charge is 0.220 e. The quantitative estimate of drug-likeness (QED) is 0.726. The lowest BCUT2D eigenvalue weighted by Crippen LogP contribution is -2.11. The number of hydrogen-bond donors (Lipinski definition) is 2. The Kier molecular flexibility index (Phi) is 2.48. The van der Waals surface area contributed by atoms with Gasteiger partial charge in [-0.2, -0.15) is 0 Å². The number of imidazole rings is 1. The van der Waals surface area contributed by atoms with Gasteiger partial charge in [-0.15, -0.1) is 0 Å². The third kappa shape index (κ3) is 1.55. The van der Waals surface area contributed by atoms with Gasteiger partial charge in [0.2, 0.25) is 5.43 Å². The Morgan fingerprint density at radius 1 is 1.22 bits per heavy atom. The van der Waals surface area contributed by atoms with Crippen LogP contribution in [-0.2, 0) is 0 Å². The minimum Gasteiger partial charge on any atom is -0.394 e. The van der Waals surface area contributed by atoms with Crippen molar-refractivity contribution in [3.8, 4) is 11.3 Å². The number of anilines is 1. The van der Waals surface area contributed by atoms with Crippen LogP contribution in [0, 0.1) is 0 Å². The molecule has 4 nitrogen and oxygen atoms in total. The molecule has 3 rings (SSSR count).